The summed E-state index contributed by atoms with van der Waals surface area (Å²) in [6, 6.07) is 0. The van der Waals surface area contributed by atoms with E-state index in [-0.39, 0.29) is 6.23 Å². The topological polar surface area (TPSA) is 32.3 Å². The zero-order valence-electron chi connectivity index (χ0n) is 10.8. The van der Waals surface area contributed by atoms with E-state index in [1.165, 1.54) is 38.5 Å². The molecule has 0 bridgehead atoms. The Bertz CT molecular complexity index is 126. The summed E-state index contributed by atoms with van der Waals surface area (Å²) in [5.41, 5.74) is 0. The molecule has 0 rings (SSSR count). The van der Waals surface area contributed by atoms with E-state index in [1.54, 1.807) is 0 Å². The second-order valence-electron chi connectivity index (χ2n) is 4.87. The molecular weight excluding hydrogens is 186 g/mol. The number of aliphatic hydroxyl groups is 1. The normalized spacial score (nSPS) is 13.4. The number of rotatable bonds is 10. The molecule has 0 spiro atoms. The molecule has 0 aromatic rings. The molecule has 0 amide bonds. The number of unbranched alkanes of at least 4 members (excludes halogenated alkanes) is 5. The van der Waals surface area contributed by atoms with Crippen LogP contribution < -0.4 is 5.32 Å². The third kappa shape index (κ3) is 11.8. The largest absolute Gasteiger partial charge is 0.379 e. The first-order valence-corrected chi connectivity index (χ1v) is 6.58. The number of hydrogen-bond donors (Lipinski definition) is 2. The molecule has 0 aliphatic carbocycles. The van der Waals surface area contributed by atoms with Gasteiger partial charge in [-0.1, -0.05) is 52.9 Å². The summed E-state index contributed by atoms with van der Waals surface area (Å²) >= 11 is 0. The average molecular weight is 215 g/mol. The van der Waals surface area contributed by atoms with Gasteiger partial charge in [-0.2, -0.15) is 0 Å². The van der Waals surface area contributed by atoms with Crippen LogP contribution in [-0.4, -0.2) is 17.9 Å². The van der Waals surface area contributed by atoms with E-state index in [2.05, 4.69) is 26.1 Å². The molecule has 0 saturated carbocycles. The van der Waals surface area contributed by atoms with Crippen molar-refractivity contribution in [3.8, 4) is 0 Å². The highest BCUT2D eigenvalue weighted by Crippen LogP contribution is 2.05. The standard InChI is InChI=1S/C13H29NO/c1-4-5-6-7-8-9-10-14-13(15)11-12(2)3/h12-15H,4-11H2,1-3H3. The summed E-state index contributed by atoms with van der Waals surface area (Å²) in [6.45, 7) is 7.47. The predicted octanol–water partition coefficient (Wildman–Crippen LogP) is 3.30. The second kappa shape index (κ2) is 10.4. The van der Waals surface area contributed by atoms with Gasteiger partial charge in [0.05, 0.1) is 0 Å². The maximum Gasteiger partial charge on any atom is 0.105 e. The Hall–Kier alpha value is -0.0800. The molecular formula is C13H29NO. The van der Waals surface area contributed by atoms with Crippen molar-refractivity contribution in [2.45, 2.75) is 71.9 Å². The van der Waals surface area contributed by atoms with Gasteiger partial charge in [-0.3, -0.25) is 5.32 Å². The van der Waals surface area contributed by atoms with E-state index in [0.29, 0.717) is 5.92 Å². The maximum atomic E-state index is 9.55. The van der Waals surface area contributed by atoms with Crippen LogP contribution in [0.1, 0.15) is 65.7 Å². The molecule has 0 aliphatic heterocycles. The predicted molar refractivity (Wildman–Crippen MR) is 66.8 cm³/mol. The van der Waals surface area contributed by atoms with Gasteiger partial charge < -0.3 is 5.11 Å². The number of hydrogen-bond acceptors (Lipinski definition) is 2. The molecule has 0 saturated heterocycles. The van der Waals surface area contributed by atoms with Crippen LogP contribution in [0.2, 0.25) is 0 Å². The van der Waals surface area contributed by atoms with Crippen LogP contribution in [0.25, 0.3) is 0 Å². The fourth-order valence-corrected chi connectivity index (χ4v) is 1.70. The minimum Gasteiger partial charge on any atom is -0.379 e. The fourth-order valence-electron chi connectivity index (χ4n) is 1.70. The minimum absolute atomic E-state index is 0.305. The number of aliphatic hydroxyl groups excluding tert-OH is 1. The van der Waals surface area contributed by atoms with Gasteiger partial charge in [0.15, 0.2) is 0 Å². The van der Waals surface area contributed by atoms with Crippen LogP contribution in [0.15, 0.2) is 0 Å². The van der Waals surface area contributed by atoms with E-state index in [1.807, 2.05) is 0 Å². The van der Waals surface area contributed by atoms with Gasteiger partial charge in [0.25, 0.3) is 0 Å². The van der Waals surface area contributed by atoms with Crippen molar-refractivity contribution in [1.29, 1.82) is 0 Å². The molecule has 2 heteroatoms. The lowest BCUT2D eigenvalue weighted by molar-refractivity contribution is 0.113. The van der Waals surface area contributed by atoms with E-state index < -0.39 is 0 Å². The zero-order valence-corrected chi connectivity index (χ0v) is 10.8. The van der Waals surface area contributed by atoms with Gasteiger partial charge in [0.2, 0.25) is 0 Å². The Labute approximate surface area is 95.5 Å². The molecule has 92 valence electrons. The molecule has 0 heterocycles. The van der Waals surface area contributed by atoms with Crippen molar-refractivity contribution in [2.24, 2.45) is 5.92 Å². The van der Waals surface area contributed by atoms with Crippen LogP contribution >= 0.6 is 0 Å². The average Bonchev–Trinajstić information content (AvgIpc) is 2.15. The van der Waals surface area contributed by atoms with Crippen molar-refractivity contribution in [3.05, 3.63) is 0 Å². The minimum atomic E-state index is -0.305. The third-order valence-electron chi connectivity index (χ3n) is 2.60. The van der Waals surface area contributed by atoms with Gasteiger partial charge in [-0.25, -0.2) is 0 Å². The molecule has 15 heavy (non-hydrogen) atoms. The summed E-state index contributed by atoms with van der Waals surface area (Å²) < 4.78 is 0. The van der Waals surface area contributed by atoms with Gasteiger partial charge in [-0.05, 0) is 25.3 Å². The summed E-state index contributed by atoms with van der Waals surface area (Å²) in [5, 5.41) is 12.7. The quantitative estimate of drug-likeness (QED) is 0.433. The molecule has 2 nitrogen and oxygen atoms in total. The Kier molecular flexibility index (Phi) is 10.4. The Morgan fingerprint density at radius 2 is 1.60 bits per heavy atom. The molecule has 1 unspecified atom stereocenters. The highest BCUT2D eigenvalue weighted by molar-refractivity contribution is 4.56. The lowest BCUT2D eigenvalue weighted by Crippen LogP contribution is -2.30. The van der Waals surface area contributed by atoms with Crippen molar-refractivity contribution < 1.29 is 5.11 Å². The highest BCUT2D eigenvalue weighted by Gasteiger charge is 2.04. The first kappa shape index (κ1) is 14.9. The van der Waals surface area contributed by atoms with Gasteiger partial charge in [0, 0.05) is 0 Å². The van der Waals surface area contributed by atoms with E-state index in [9.17, 15) is 5.11 Å². The van der Waals surface area contributed by atoms with E-state index in [0.717, 1.165) is 13.0 Å². The van der Waals surface area contributed by atoms with Crippen molar-refractivity contribution in [1.82, 2.24) is 5.32 Å². The maximum absolute atomic E-state index is 9.55. The molecule has 0 fully saturated rings. The van der Waals surface area contributed by atoms with E-state index >= 15 is 0 Å². The Morgan fingerprint density at radius 3 is 2.20 bits per heavy atom. The molecule has 0 aliphatic rings. The molecule has 2 N–H and O–H groups in total. The molecule has 1 atom stereocenters. The SMILES string of the molecule is CCCCCCCCNC(O)CC(C)C. The van der Waals surface area contributed by atoms with Gasteiger partial charge >= 0.3 is 0 Å². The molecule has 0 aromatic heterocycles. The summed E-state index contributed by atoms with van der Waals surface area (Å²) in [7, 11) is 0. The first-order chi connectivity index (χ1) is 7.16. The van der Waals surface area contributed by atoms with Crippen molar-refractivity contribution >= 4 is 0 Å². The van der Waals surface area contributed by atoms with Crippen LogP contribution in [0, 0.1) is 5.92 Å². The summed E-state index contributed by atoms with van der Waals surface area (Å²) in [5.74, 6) is 0.567. The van der Waals surface area contributed by atoms with Gasteiger partial charge in [-0.15, -0.1) is 0 Å². The number of nitrogens with one attached hydrogen (secondary N) is 1. The molecule has 0 aromatic carbocycles. The third-order valence-corrected chi connectivity index (χ3v) is 2.60. The monoisotopic (exact) mass is 215 g/mol. The lowest BCUT2D eigenvalue weighted by Gasteiger charge is -2.14. The van der Waals surface area contributed by atoms with Crippen molar-refractivity contribution in [3.63, 3.8) is 0 Å². The van der Waals surface area contributed by atoms with Crippen LogP contribution in [0.4, 0.5) is 0 Å². The van der Waals surface area contributed by atoms with Crippen LogP contribution in [0.3, 0.4) is 0 Å². The first-order valence-electron chi connectivity index (χ1n) is 6.58. The van der Waals surface area contributed by atoms with Crippen LogP contribution in [0.5, 0.6) is 0 Å². The van der Waals surface area contributed by atoms with Crippen LogP contribution in [-0.2, 0) is 0 Å². The summed E-state index contributed by atoms with van der Waals surface area (Å²) in [6.07, 6.45) is 8.42. The second-order valence-corrected chi connectivity index (χ2v) is 4.87. The van der Waals surface area contributed by atoms with Crippen molar-refractivity contribution in [2.75, 3.05) is 6.54 Å². The Balaban J connectivity index is 3.09. The molecule has 0 radical (unpaired) electrons. The smallest absolute Gasteiger partial charge is 0.105 e. The highest BCUT2D eigenvalue weighted by atomic mass is 16.3. The fraction of sp³-hybridized carbons (Fsp3) is 1.00. The zero-order chi connectivity index (χ0) is 11.5. The summed E-state index contributed by atoms with van der Waals surface area (Å²) in [4.78, 5) is 0. The lowest BCUT2D eigenvalue weighted by atomic mass is 10.1. The Morgan fingerprint density at radius 1 is 1.00 bits per heavy atom. The van der Waals surface area contributed by atoms with E-state index in [4.69, 9.17) is 0 Å². The van der Waals surface area contributed by atoms with Gasteiger partial charge in [0.1, 0.15) is 6.23 Å².